The number of nitrogens with one attached hydrogen (secondary N) is 1. The van der Waals surface area contributed by atoms with E-state index < -0.39 is 12.0 Å². The monoisotopic (exact) mass is 357 g/mol. The Morgan fingerprint density at radius 1 is 1.23 bits per heavy atom. The van der Waals surface area contributed by atoms with Crippen molar-refractivity contribution in [3.8, 4) is 0 Å². The summed E-state index contributed by atoms with van der Waals surface area (Å²) in [5.41, 5.74) is 3.16. The molecule has 2 N–H and O–H groups in total. The first kappa shape index (κ1) is 20.2. The molecule has 5 nitrogen and oxygen atoms in total. The summed E-state index contributed by atoms with van der Waals surface area (Å²) in [4.78, 5) is 11.5. The molecular formula is C21H31N3O2. The van der Waals surface area contributed by atoms with Crippen molar-refractivity contribution in [2.24, 2.45) is 5.92 Å². The van der Waals surface area contributed by atoms with Crippen LogP contribution in [0.1, 0.15) is 57.9 Å². The fourth-order valence-corrected chi connectivity index (χ4v) is 3.05. The molecule has 0 aliphatic rings. The van der Waals surface area contributed by atoms with Gasteiger partial charge in [0.25, 0.3) is 0 Å². The van der Waals surface area contributed by atoms with Crippen LogP contribution in [0.15, 0.2) is 36.5 Å². The van der Waals surface area contributed by atoms with Crippen LogP contribution in [0.4, 0.5) is 0 Å². The van der Waals surface area contributed by atoms with E-state index in [-0.39, 0.29) is 5.41 Å². The summed E-state index contributed by atoms with van der Waals surface area (Å²) in [6, 6.07) is 9.67. The van der Waals surface area contributed by atoms with E-state index in [1.54, 1.807) is 0 Å². The number of carboxylic acid groups (broad SMARTS) is 1. The van der Waals surface area contributed by atoms with E-state index in [9.17, 15) is 9.90 Å². The molecule has 0 saturated heterocycles. The first-order chi connectivity index (χ1) is 12.2. The maximum Gasteiger partial charge on any atom is 0.320 e. The van der Waals surface area contributed by atoms with Crippen molar-refractivity contribution in [2.45, 2.75) is 65.6 Å². The van der Waals surface area contributed by atoms with Crippen molar-refractivity contribution in [1.82, 2.24) is 15.1 Å². The molecule has 5 heteroatoms. The van der Waals surface area contributed by atoms with Crippen LogP contribution < -0.4 is 5.32 Å². The van der Waals surface area contributed by atoms with Crippen LogP contribution in [0, 0.1) is 5.92 Å². The molecule has 0 radical (unpaired) electrons. The van der Waals surface area contributed by atoms with E-state index in [0.717, 1.165) is 11.3 Å². The number of rotatable bonds is 8. The number of aromatic nitrogens is 2. The van der Waals surface area contributed by atoms with Gasteiger partial charge in [-0.1, -0.05) is 65.0 Å². The molecule has 0 spiro atoms. The highest BCUT2D eigenvalue weighted by Crippen LogP contribution is 2.25. The lowest BCUT2D eigenvalue weighted by Gasteiger charge is -2.20. The Labute approximate surface area is 156 Å². The maximum atomic E-state index is 11.5. The highest BCUT2D eigenvalue weighted by atomic mass is 16.4. The van der Waals surface area contributed by atoms with Gasteiger partial charge >= 0.3 is 5.97 Å². The fraction of sp³-hybridized carbons (Fsp3) is 0.524. The van der Waals surface area contributed by atoms with E-state index >= 15 is 0 Å². The van der Waals surface area contributed by atoms with Gasteiger partial charge in [0.05, 0.1) is 12.2 Å². The van der Waals surface area contributed by atoms with Crippen LogP contribution in [0.3, 0.4) is 0 Å². The normalized spacial score (nSPS) is 13.2. The number of carboxylic acids is 1. The third kappa shape index (κ3) is 5.70. The highest BCUT2D eigenvalue weighted by molar-refractivity contribution is 5.73. The first-order valence-electron chi connectivity index (χ1n) is 9.23. The Bertz CT molecular complexity index is 715. The molecule has 26 heavy (non-hydrogen) atoms. The zero-order valence-electron chi connectivity index (χ0n) is 16.5. The molecule has 2 rings (SSSR count). The molecule has 1 atom stereocenters. The standard InChI is InChI=1S/C21H31N3O2/c1-15(2)11-18(20(25)26)22-12-17-14-24(23-19(17)21(3,4)5)13-16-9-7-6-8-10-16/h6-10,14-15,18,22H,11-13H2,1-5H3,(H,25,26). The van der Waals surface area contributed by atoms with Crippen LogP contribution >= 0.6 is 0 Å². The summed E-state index contributed by atoms with van der Waals surface area (Å²) >= 11 is 0. The Morgan fingerprint density at radius 2 is 1.88 bits per heavy atom. The predicted octanol–water partition coefficient (Wildman–Crippen LogP) is 3.82. The van der Waals surface area contributed by atoms with Crippen molar-refractivity contribution in [3.05, 3.63) is 53.3 Å². The largest absolute Gasteiger partial charge is 0.480 e. The van der Waals surface area contributed by atoms with E-state index in [2.05, 4.69) is 38.2 Å². The van der Waals surface area contributed by atoms with E-state index in [1.165, 1.54) is 5.56 Å². The number of nitrogens with zero attached hydrogens (tertiary/aromatic N) is 2. The fourth-order valence-electron chi connectivity index (χ4n) is 3.05. The second-order valence-corrected chi connectivity index (χ2v) is 8.34. The van der Waals surface area contributed by atoms with E-state index in [0.29, 0.717) is 25.4 Å². The molecular weight excluding hydrogens is 326 g/mol. The summed E-state index contributed by atoms with van der Waals surface area (Å²) in [5.74, 6) is -0.473. The van der Waals surface area contributed by atoms with Crippen LogP contribution in [-0.4, -0.2) is 26.9 Å². The van der Waals surface area contributed by atoms with Gasteiger partial charge in [0.1, 0.15) is 6.04 Å². The number of carbonyl (C=O) groups is 1. The Balaban J connectivity index is 2.19. The Kier molecular flexibility index (Phi) is 6.59. The number of benzene rings is 1. The Morgan fingerprint density at radius 3 is 2.42 bits per heavy atom. The predicted molar refractivity (Wildman–Crippen MR) is 104 cm³/mol. The van der Waals surface area contributed by atoms with Crippen molar-refractivity contribution in [3.63, 3.8) is 0 Å². The average molecular weight is 357 g/mol. The number of aliphatic carboxylic acids is 1. The average Bonchev–Trinajstić information content (AvgIpc) is 2.95. The Hall–Kier alpha value is -2.14. The van der Waals surface area contributed by atoms with E-state index in [1.807, 2.05) is 42.9 Å². The van der Waals surface area contributed by atoms with Crippen molar-refractivity contribution < 1.29 is 9.90 Å². The summed E-state index contributed by atoms with van der Waals surface area (Å²) < 4.78 is 1.95. The molecule has 0 bridgehead atoms. The van der Waals surface area contributed by atoms with Crippen molar-refractivity contribution in [2.75, 3.05) is 0 Å². The van der Waals surface area contributed by atoms with Gasteiger partial charge < -0.3 is 10.4 Å². The lowest BCUT2D eigenvalue weighted by Crippen LogP contribution is -2.37. The van der Waals surface area contributed by atoms with Gasteiger partial charge in [-0.3, -0.25) is 9.48 Å². The topological polar surface area (TPSA) is 67.2 Å². The van der Waals surface area contributed by atoms with E-state index in [4.69, 9.17) is 5.10 Å². The molecule has 1 unspecified atom stereocenters. The van der Waals surface area contributed by atoms with Gasteiger partial charge in [0, 0.05) is 23.7 Å². The van der Waals surface area contributed by atoms with Crippen molar-refractivity contribution >= 4 is 5.97 Å². The molecule has 0 amide bonds. The van der Waals surface area contributed by atoms with Gasteiger partial charge in [0.2, 0.25) is 0 Å². The van der Waals surface area contributed by atoms with Gasteiger partial charge in [-0.15, -0.1) is 0 Å². The minimum Gasteiger partial charge on any atom is -0.480 e. The molecule has 1 aromatic heterocycles. The van der Waals surface area contributed by atoms with Crippen LogP contribution in [0.5, 0.6) is 0 Å². The van der Waals surface area contributed by atoms with Gasteiger partial charge in [-0.25, -0.2) is 0 Å². The number of hydrogen-bond donors (Lipinski definition) is 2. The lowest BCUT2D eigenvalue weighted by molar-refractivity contribution is -0.140. The summed E-state index contributed by atoms with van der Waals surface area (Å²) in [6.07, 6.45) is 2.65. The van der Waals surface area contributed by atoms with Gasteiger partial charge in [0.15, 0.2) is 0 Å². The highest BCUT2D eigenvalue weighted by Gasteiger charge is 2.24. The second-order valence-electron chi connectivity index (χ2n) is 8.34. The number of hydrogen-bond acceptors (Lipinski definition) is 3. The summed E-state index contributed by atoms with van der Waals surface area (Å²) in [6.45, 7) is 11.7. The van der Waals surface area contributed by atoms with Gasteiger partial charge in [-0.2, -0.15) is 5.10 Å². The van der Waals surface area contributed by atoms with Crippen LogP contribution in [0.25, 0.3) is 0 Å². The lowest BCUT2D eigenvalue weighted by atomic mass is 9.89. The zero-order chi connectivity index (χ0) is 19.3. The minimum absolute atomic E-state index is 0.101. The molecule has 0 saturated carbocycles. The molecule has 142 valence electrons. The third-order valence-electron chi connectivity index (χ3n) is 4.28. The van der Waals surface area contributed by atoms with Gasteiger partial charge in [-0.05, 0) is 17.9 Å². The summed E-state index contributed by atoms with van der Waals surface area (Å²) in [7, 11) is 0. The van der Waals surface area contributed by atoms with Crippen LogP contribution in [0.2, 0.25) is 0 Å². The SMILES string of the molecule is CC(C)CC(NCc1cn(Cc2ccccc2)nc1C(C)(C)C)C(=O)O. The molecule has 0 aliphatic heterocycles. The molecule has 2 aromatic rings. The quantitative estimate of drug-likeness (QED) is 0.754. The molecule has 1 heterocycles. The minimum atomic E-state index is -0.798. The zero-order valence-corrected chi connectivity index (χ0v) is 16.5. The maximum absolute atomic E-state index is 11.5. The van der Waals surface area contributed by atoms with Crippen molar-refractivity contribution in [1.29, 1.82) is 0 Å². The molecule has 0 aliphatic carbocycles. The smallest absolute Gasteiger partial charge is 0.320 e. The summed E-state index contributed by atoms with van der Waals surface area (Å²) in [5, 5.41) is 17.4. The second kappa shape index (κ2) is 8.49. The molecule has 1 aromatic carbocycles. The van der Waals surface area contributed by atoms with Crippen LogP contribution in [-0.2, 0) is 23.3 Å². The third-order valence-corrected chi connectivity index (χ3v) is 4.28. The molecule has 0 fully saturated rings. The first-order valence-corrected chi connectivity index (χ1v) is 9.23.